The number of aromatic hydroxyl groups is 2. The van der Waals surface area contributed by atoms with Crippen LogP contribution in [0.15, 0.2) is 76.7 Å². The van der Waals surface area contributed by atoms with Crippen LogP contribution in [0.1, 0.15) is 63.8 Å². The average molecular weight is 745 g/mol. The molecule has 4 nitrogen and oxygen atoms in total. The first-order valence-electron chi connectivity index (χ1n) is 13.7. The van der Waals surface area contributed by atoms with Crippen LogP contribution in [0.3, 0.4) is 0 Å². The van der Waals surface area contributed by atoms with E-state index >= 15 is 0 Å². The van der Waals surface area contributed by atoms with Crippen LogP contribution in [-0.2, 0) is 27.9 Å². The van der Waals surface area contributed by atoms with Crippen molar-refractivity contribution < 1.29 is 49.2 Å². The van der Waals surface area contributed by atoms with Gasteiger partial charge in [0.2, 0.25) is 5.82 Å². The molecule has 0 amide bonds. The second kappa shape index (κ2) is 19.7. The van der Waals surface area contributed by atoms with Crippen LogP contribution in [0.4, 0.5) is 33.3 Å². The van der Waals surface area contributed by atoms with Gasteiger partial charge in [0.05, 0.1) is 5.69 Å². The van der Waals surface area contributed by atoms with E-state index in [-0.39, 0.29) is 31.6 Å². The van der Waals surface area contributed by atoms with E-state index < -0.39 is 57.2 Å². The Morgan fingerprint density at radius 2 is 0.917 bits per heavy atom. The molecule has 0 unspecified atom stereocenters. The Bertz CT molecular complexity index is 1660. The monoisotopic (exact) mass is 744 g/mol. The fraction of sp³-hybridized carbons (Fsp3) is 0.222. The molecule has 260 valence electrons. The molecule has 0 aliphatic heterocycles. The van der Waals surface area contributed by atoms with Crippen LogP contribution >= 0.6 is 18.6 Å². The van der Waals surface area contributed by atoms with Crippen molar-refractivity contribution in [3.05, 3.63) is 133 Å². The van der Waals surface area contributed by atoms with Crippen LogP contribution in [0, 0.1) is 43.9 Å². The van der Waals surface area contributed by atoms with E-state index in [9.17, 15) is 32.2 Å². The second-order valence-electron chi connectivity index (χ2n) is 11.8. The molecule has 0 heterocycles. The Hall–Kier alpha value is -3.24. The Morgan fingerprint density at radius 1 is 0.562 bits per heavy atom. The number of phenolic OH excluding ortho intramolecular Hbond substituents is 2. The van der Waals surface area contributed by atoms with Crippen molar-refractivity contribution in [3.63, 3.8) is 0 Å². The number of nitrogens with zero attached hydrogens (tertiary/aromatic N) is 2. The van der Waals surface area contributed by atoms with Crippen LogP contribution in [-0.4, -0.2) is 22.6 Å². The first kappa shape index (κ1) is 44.8. The quantitative estimate of drug-likeness (QED) is 0.0546. The Labute approximate surface area is 297 Å². The summed E-state index contributed by atoms with van der Waals surface area (Å²) in [6.07, 6.45) is 2.56. The molecule has 0 spiro atoms. The molecular formula is C36H39Cl2F5N2O2Ti-2. The normalized spacial score (nSPS) is 11.1. The van der Waals surface area contributed by atoms with Crippen molar-refractivity contribution in [1.29, 1.82) is 0 Å². The van der Waals surface area contributed by atoms with Crippen molar-refractivity contribution in [3.8, 4) is 11.5 Å². The van der Waals surface area contributed by atoms with Gasteiger partial charge in [0.25, 0.3) is 0 Å². The van der Waals surface area contributed by atoms with Crippen LogP contribution in [0.2, 0.25) is 0 Å². The summed E-state index contributed by atoms with van der Waals surface area (Å²) in [5, 5.41) is 20.5. The van der Waals surface area contributed by atoms with Crippen molar-refractivity contribution in [2.45, 2.75) is 52.4 Å². The van der Waals surface area contributed by atoms with E-state index in [2.05, 4.69) is 30.8 Å². The molecule has 0 bridgehead atoms. The molecule has 0 aliphatic rings. The molecule has 0 saturated carbocycles. The summed E-state index contributed by atoms with van der Waals surface area (Å²) in [7, 11) is 9.78. The molecule has 4 aromatic rings. The van der Waals surface area contributed by atoms with E-state index in [1.807, 2.05) is 69.3 Å². The number of halogens is 7. The molecule has 0 radical (unpaired) electrons. The summed E-state index contributed by atoms with van der Waals surface area (Å²) in [6, 6.07) is 20.1. The molecule has 0 atom stereocenters. The summed E-state index contributed by atoms with van der Waals surface area (Å²) in [6.45, 7) is 11.8. The first-order valence-corrected chi connectivity index (χ1v) is 18.0. The molecular weight excluding hydrogens is 706 g/mol. The third kappa shape index (κ3) is 12.0. The van der Waals surface area contributed by atoms with Crippen molar-refractivity contribution in [2.75, 3.05) is 0 Å². The maximum atomic E-state index is 13.6. The third-order valence-corrected chi connectivity index (χ3v) is 6.38. The number of benzene rings is 4. The minimum absolute atomic E-state index is 0. The summed E-state index contributed by atoms with van der Waals surface area (Å²) in [5.41, 5.74) is 1.38. The maximum absolute atomic E-state index is 13.6. The zero-order valence-corrected chi connectivity index (χ0v) is 31.0. The van der Waals surface area contributed by atoms with Gasteiger partial charge in [-0.05, 0) is 46.2 Å². The average Bonchev–Trinajstić information content (AvgIpc) is 2.99. The summed E-state index contributed by atoms with van der Waals surface area (Å²) in [4.78, 5) is 7.72. The molecule has 0 fully saturated rings. The van der Waals surface area contributed by atoms with Crippen molar-refractivity contribution >= 4 is 42.4 Å². The summed E-state index contributed by atoms with van der Waals surface area (Å²) < 4.78 is 66.4. The molecule has 2 N–H and O–H groups in total. The number of hydrogen-bond donors (Lipinski definition) is 2. The fourth-order valence-electron chi connectivity index (χ4n) is 4.04. The van der Waals surface area contributed by atoms with E-state index in [4.69, 9.17) is 18.6 Å². The standard InChI is InChI=1S/C17H14F5NO.C17H19NO.2CH3.2ClH.Ti/c1-17(2,3)9-6-4-5-8(16(9)24)7-23-15-13(21)11(19)10(18)12(20)14(15)22;1-17(2,3)15-11-7-8-13(16(15)19)12-18-14-9-5-4-6-10-14;;;;;/h4-7,24H,1-3H3;4-12,19H,1-3H3;2*1H3;2*1H;/q;;2*-1;;;+2/p-2. The van der Waals surface area contributed by atoms with Gasteiger partial charge in [-0.2, -0.15) is 0 Å². The number of rotatable bonds is 4. The van der Waals surface area contributed by atoms with Gasteiger partial charge in [-0.15, -0.1) is 0 Å². The summed E-state index contributed by atoms with van der Waals surface area (Å²) >= 11 is -0.556. The van der Waals surface area contributed by atoms with Gasteiger partial charge < -0.3 is 25.1 Å². The SMILES string of the molecule is CC(C)(C)c1cccc(C=Nc2c(F)c(F)c(F)c(F)c2F)c1O.CC(C)(C)c1cccc(C=Nc2ccccc2)c1O.[CH3-].[CH3-].[Cl][Ti][Cl]. The molecule has 48 heavy (non-hydrogen) atoms. The van der Waals surface area contributed by atoms with Crippen LogP contribution in [0.25, 0.3) is 0 Å². The van der Waals surface area contributed by atoms with Gasteiger partial charge in [0, 0.05) is 23.6 Å². The predicted molar refractivity (Wildman–Crippen MR) is 185 cm³/mol. The Balaban J connectivity index is 0.000000835. The Morgan fingerprint density at radius 3 is 1.29 bits per heavy atom. The second-order valence-corrected chi connectivity index (χ2v) is 14.4. The van der Waals surface area contributed by atoms with Gasteiger partial charge >= 0.3 is 35.6 Å². The molecule has 12 heteroatoms. The van der Waals surface area contributed by atoms with E-state index in [0.29, 0.717) is 11.3 Å². The molecule has 4 aromatic carbocycles. The van der Waals surface area contributed by atoms with Gasteiger partial charge in [-0.1, -0.05) is 84.0 Å². The molecule has 0 saturated heterocycles. The van der Waals surface area contributed by atoms with E-state index in [0.717, 1.165) is 23.0 Å². The van der Waals surface area contributed by atoms with Gasteiger partial charge in [-0.3, -0.25) is 4.99 Å². The number of hydrogen-bond acceptors (Lipinski definition) is 4. The minimum atomic E-state index is -2.25. The molecule has 4 rings (SSSR count). The summed E-state index contributed by atoms with van der Waals surface area (Å²) in [5.74, 6) is -10.3. The van der Waals surface area contributed by atoms with Crippen LogP contribution < -0.4 is 0 Å². The predicted octanol–water partition coefficient (Wildman–Crippen LogP) is 11.9. The van der Waals surface area contributed by atoms with Gasteiger partial charge in [-0.25, -0.2) is 26.9 Å². The van der Waals surface area contributed by atoms with Crippen molar-refractivity contribution in [2.24, 2.45) is 9.98 Å². The number of phenols is 2. The van der Waals surface area contributed by atoms with Crippen LogP contribution in [0.5, 0.6) is 11.5 Å². The topological polar surface area (TPSA) is 65.2 Å². The van der Waals surface area contributed by atoms with E-state index in [1.165, 1.54) is 6.07 Å². The van der Waals surface area contributed by atoms with Crippen molar-refractivity contribution in [1.82, 2.24) is 0 Å². The molecule has 0 aromatic heterocycles. The fourth-order valence-corrected chi connectivity index (χ4v) is 4.04. The van der Waals surface area contributed by atoms with E-state index in [1.54, 1.807) is 18.3 Å². The first-order chi connectivity index (χ1) is 21.4. The number of aliphatic imine (C=N–C) groups is 2. The van der Waals surface area contributed by atoms with Gasteiger partial charge in [0.1, 0.15) is 17.2 Å². The van der Waals surface area contributed by atoms with Gasteiger partial charge in [0.15, 0.2) is 23.3 Å². The Kier molecular flexibility index (Phi) is 18.4. The zero-order chi connectivity index (χ0) is 34.8. The number of para-hydroxylation sites is 3. The third-order valence-electron chi connectivity index (χ3n) is 6.38. The molecule has 0 aliphatic carbocycles. The zero-order valence-electron chi connectivity index (χ0n) is 27.9.